The minimum atomic E-state index is -0.840. The van der Waals surface area contributed by atoms with Crippen LogP contribution < -0.4 is 0 Å². The Labute approximate surface area is 136 Å². The van der Waals surface area contributed by atoms with Gasteiger partial charge in [0.2, 0.25) is 0 Å². The van der Waals surface area contributed by atoms with Crippen molar-refractivity contribution in [2.45, 2.75) is 51.6 Å². The van der Waals surface area contributed by atoms with Crippen LogP contribution in [0, 0.1) is 0 Å². The smallest absolute Gasteiger partial charge is 0.407 e. The molecular weight excluding hydrogens is 290 g/mol. The number of hydrogen-bond donors (Lipinski definition) is 2. The van der Waals surface area contributed by atoms with Crippen molar-refractivity contribution in [1.82, 2.24) is 14.9 Å². The Bertz CT molecular complexity index is 755. The van der Waals surface area contributed by atoms with Crippen molar-refractivity contribution in [3.8, 4) is 0 Å². The number of nitrogens with one attached hydrogen (secondary N) is 1. The number of nitrogens with zero attached hydrogens (tertiary/aromatic N) is 2. The highest BCUT2D eigenvalue weighted by atomic mass is 16.4. The van der Waals surface area contributed by atoms with Gasteiger partial charge in [0, 0.05) is 29.5 Å². The summed E-state index contributed by atoms with van der Waals surface area (Å²) < 4.78 is 0. The molecule has 1 aliphatic carbocycles. The molecule has 0 spiro atoms. The Morgan fingerprint density at radius 1 is 1.43 bits per heavy atom. The third-order valence-corrected chi connectivity index (χ3v) is 4.46. The number of carbonyl (C=O) groups is 1. The van der Waals surface area contributed by atoms with Crippen LogP contribution in [0.4, 0.5) is 4.79 Å². The molecule has 122 valence electrons. The first-order valence-corrected chi connectivity index (χ1v) is 8.01. The molecule has 1 unspecified atom stereocenters. The second kappa shape index (κ2) is 5.72. The third-order valence-electron chi connectivity index (χ3n) is 4.46. The lowest BCUT2D eigenvalue weighted by Crippen LogP contribution is -2.51. The van der Waals surface area contributed by atoms with Gasteiger partial charge in [-0.25, -0.2) is 4.79 Å². The Morgan fingerprint density at radius 3 is 2.83 bits per heavy atom. The van der Waals surface area contributed by atoms with E-state index in [1.165, 1.54) is 5.57 Å². The van der Waals surface area contributed by atoms with Gasteiger partial charge in [0.15, 0.2) is 0 Å². The lowest BCUT2D eigenvalue weighted by molar-refractivity contribution is 0.0673. The molecule has 0 saturated heterocycles. The van der Waals surface area contributed by atoms with E-state index in [-0.39, 0.29) is 11.6 Å². The molecule has 1 aliphatic rings. The molecule has 5 heteroatoms. The zero-order valence-corrected chi connectivity index (χ0v) is 13.8. The van der Waals surface area contributed by atoms with Gasteiger partial charge >= 0.3 is 6.09 Å². The van der Waals surface area contributed by atoms with E-state index in [4.69, 9.17) is 0 Å². The number of allylic oxidation sites excluding steroid dienone is 1. The lowest BCUT2D eigenvalue weighted by Gasteiger charge is -2.41. The van der Waals surface area contributed by atoms with Gasteiger partial charge in [0.25, 0.3) is 0 Å². The van der Waals surface area contributed by atoms with Crippen molar-refractivity contribution in [2.24, 2.45) is 0 Å². The predicted octanol–water partition coefficient (Wildman–Crippen LogP) is 4.28. The van der Waals surface area contributed by atoms with Gasteiger partial charge in [-0.1, -0.05) is 6.08 Å². The van der Waals surface area contributed by atoms with Crippen LogP contribution in [0.25, 0.3) is 16.6 Å². The normalized spacial score (nSPS) is 18.7. The quantitative estimate of drug-likeness (QED) is 0.869. The molecule has 0 aliphatic heterocycles. The summed E-state index contributed by atoms with van der Waals surface area (Å²) in [6.45, 7) is 5.85. The highest BCUT2D eigenvalue weighted by Crippen LogP contribution is 2.34. The number of fused-ring (bicyclic) bond motifs is 1. The molecule has 0 saturated carbocycles. The van der Waals surface area contributed by atoms with Gasteiger partial charge in [-0.3, -0.25) is 4.98 Å². The summed E-state index contributed by atoms with van der Waals surface area (Å²) in [6.07, 6.45) is 7.60. The Morgan fingerprint density at radius 2 is 2.22 bits per heavy atom. The molecule has 0 radical (unpaired) electrons. The van der Waals surface area contributed by atoms with Crippen molar-refractivity contribution in [3.63, 3.8) is 0 Å². The molecule has 0 fully saturated rings. The van der Waals surface area contributed by atoms with Crippen molar-refractivity contribution in [1.29, 1.82) is 0 Å². The minimum Gasteiger partial charge on any atom is -0.465 e. The monoisotopic (exact) mass is 313 g/mol. The Balaban J connectivity index is 1.85. The van der Waals surface area contributed by atoms with Crippen LogP contribution >= 0.6 is 0 Å². The molecule has 23 heavy (non-hydrogen) atoms. The second-order valence-corrected chi connectivity index (χ2v) is 7.08. The fraction of sp³-hybridized carbons (Fsp3) is 0.444. The van der Waals surface area contributed by atoms with E-state index in [1.807, 2.05) is 39.1 Å². The van der Waals surface area contributed by atoms with E-state index < -0.39 is 6.09 Å². The van der Waals surface area contributed by atoms with Crippen LogP contribution in [0.5, 0.6) is 0 Å². The summed E-state index contributed by atoms with van der Waals surface area (Å²) in [5.41, 5.74) is 4.03. The SMILES string of the molecule is CC(C)(C)N(C(=O)O)C1CC=C(c2c[nH]c3cccnc23)CC1. The van der Waals surface area contributed by atoms with Gasteiger partial charge in [-0.2, -0.15) is 0 Å². The summed E-state index contributed by atoms with van der Waals surface area (Å²) in [5.74, 6) is 0. The number of rotatable bonds is 2. The molecule has 2 aromatic rings. The average Bonchev–Trinajstić information content (AvgIpc) is 2.90. The third kappa shape index (κ3) is 2.96. The van der Waals surface area contributed by atoms with Crippen molar-refractivity contribution in [2.75, 3.05) is 0 Å². The maximum absolute atomic E-state index is 11.6. The van der Waals surface area contributed by atoms with Crippen molar-refractivity contribution >= 4 is 22.7 Å². The number of hydrogen-bond acceptors (Lipinski definition) is 2. The molecule has 1 atom stereocenters. The highest BCUT2D eigenvalue weighted by molar-refractivity contribution is 5.89. The number of pyridine rings is 1. The van der Waals surface area contributed by atoms with E-state index in [0.29, 0.717) is 0 Å². The van der Waals surface area contributed by atoms with Gasteiger partial charge in [0.1, 0.15) is 0 Å². The molecule has 2 aromatic heterocycles. The zero-order valence-electron chi connectivity index (χ0n) is 13.8. The van der Waals surface area contributed by atoms with Crippen LogP contribution in [0.2, 0.25) is 0 Å². The number of aromatic amines is 1. The predicted molar refractivity (Wildman–Crippen MR) is 91.3 cm³/mol. The molecule has 0 aromatic carbocycles. The van der Waals surface area contributed by atoms with Gasteiger partial charge < -0.3 is 15.0 Å². The van der Waals surface area contributed by atoms with Crippen LogP contribution in [0.3, 0.4) is 0 Å². The van der Waals surface area contributed by atoms with E-state index in [0.717, 1.165) is 35.9 Å². The summed E-state index contributed by atoms with van der Waals surface area (Å²) in [7, 11) is 0. The standard InChI is InChI=1S/C18H23N3O2/c1-18(2,3)21(17(22)23)13-8-6-12(7-9-13)14-11-20-15-5-4-10-19-16(14)15/h4-6,10-11,13,20H,7-9H2,1-3H3,(H,22,23). The van der Waals surface area contributed by atoms with Gasteiger partial charge in [-0.05, 0) is 57.7 Å². The molecular formula is C18H23N3O2. The van der Waals surface area contributed by atoms with Gasteiger partial charge in [-0.15, -0.1) is 0 Å². The molecule has 5 nitrogen and oxygen atoms in total. The van der Waals surface area contributed by atoms with Gasteiger partial charge in [0.05, 0.1) is 11.0 Å². The minimum absolute atomic E-state index is 0.0365. The average molecular weight is 313 g/mol. The lowest BCUT2D eigenvalue weighted by atomic mass is 9.88. The van der Waals surface area contributed by atoms with E-state index in [1.54, 1.807) is 11.1 Å². The molecule has 2 N–H and O–H groups in total. The van der Waals surface area contributed by atoms with Crippen LogP contribution in [-0.4, -0.2) is 37.6 Å². The first-order chi connectivity index (χ1) is 10.9. The summed E-state index contributed by atoms with van der Waals surface area (Å²) in [6, 6.07) is 3.97. The second-order valence-electron chi connectivity index (χ2n) is 7.08. The Kier molecular flexibility index (Phi) is 3.88. The zero-order chi connectivity index (χ0) is 16.6. The first kappa shape index (κ1) is 15.6. The fourth-order valence-corrected chi connectivity index (χ4v) is 3.49. The summed E-state index contributed by atoms with van der Waals surface area (Å²) >= 11 is 0. The van der Waals surface area contributed by atoms with E-state index in [2.05, 4.69) is 16.0 Å². The largest absolute Gasteiger partial charge is 0.465 e. The van der Waals surface area contributed by atoms with Crippen LogP contribution in [0.15, 0.2) is 30.6 Å². The van der Waals surface area contributed by atoms with Crippen molar-refractivity contribution in [3.05, 3.63) is 36.2 Å². The fourth-order valence-electron chi connectivity index (χ4n) is 3.49. The van der Waals surface area contributed by atoms with Crippen LogP contribution in [-0.2, 0) is 0 Å². The first-order valence-electron chi connectivity index (χ1n) is 8.01. The number of carboxylic acid groups (broad SMARTS) is 1. The molecule has 2 heterocycles. The maximum atomic E-state index is 11.6. The summed E-state index contributed by atoms with van der Waals surface area (Å²) in [5, 5.41) is 9.54. The topological polar surface area (TPSA) is 69.2 Å². The molecule has 1 amide bonds. The molecule has 0 bridgehead atoms. The number of H-pyrrole nitrogens is 1. The highest BCUT2D eigenvalue weighted by Gasteiger charge is 2.34. The van der Waals surface area contributed by atoms with Crippen molar-refractivity contribution < 1.29 is 9.90 Å². The van der Waals surface area contributed by atoms with E-state index in [9.17, 15) is 9.90 Å². The maximum Gasteiger partial charge on any atom is 0.407 e. The number of amides is 1. The molecule has 3 rings (SSSR count). The summed E-state index contributed by atoms with van der Waals surface area (Å²) in [4.78, 5) is 20.9. The number of aromatic nitrogens is 2. The Hall–Kier alpha value is -2.30. The van der Waals surface area contributed by atoms with Crippen LogP contribution in [0.1, 0.15) is 45.6 Å². The van der Waals surface area contributed by atoms with E-state index >= 15 is 0 Å².